The number of rotatable bonds is 3. The summed E-state index contributed by atoms with van der Waals surface area (Å²) in [5.41, 5.74) is 0.603. The molecule has 0 aliphatic carbocycles. The van der Waals surface area contributed by atoms with E-state index in [1.807, 2.05) is 19.9 Å². The standard InChI is InChI=1S/C23H18ClN3O4S/c1-11(2)12-3-8-18-15(9-12)19(28)16(20(25)31-18)10-17-21(29)26-23(32)27(22(17)30)14-6-4-13(24)5-7-14/h3-11,25,30H,1-2H3,(H,26,29,32). The number of Topliss-reactive ketones (excluding diaryl/α,β-unsaturated/α-hetero) is 1. The number of hydrogen-bond acceptors (Lipinski definition) is 6. The largest absolute Gasteiger partial charge is 0.494 e. The molecule has 0 radical (unpaired) electrons. The minimum atomic E-state index is -0.701. The number of hydrogen-bond donors (Lipinski definition) is 3. The van der Waals surface area contributed by atoms with Crippen molar-refractivity contribution in [3.05, 3.63) is 84.9 Å². The summed E-state index contributed by atoms with van der Waals surface area (Å²) in [5, 5.41) is 19.5. The van der Waals surface area contributed by atoms with Gasteiger partial charge in [0, 0.05) is 5.02 Å². The van der Waals surface area contributed by atoms with Gasteiger partial charge in [-0.2, -0.15) is 0 Å². The number of aromatic amines is 1. The Morgan fingerprint density at radius 2 is 1.88 bits per heavy atom. The van der Waals surface area contributed by atoms with Gasteiger partial charge in [0.05, 0.1) is 16.8 Å². The number of carbonyl (C=O) groups is 1. The van der Waals surface area contributed by atoms with Gasteiger partial charge in [-0.3, -0.25) is 24.5 Å². The fraction of sp³-hybridized carbons (Fsp3) is 0.130. The van der Waals surface area contributed by atoms with Crippen molar-refractivity contribution in [1.82, 2.24) is 9.55 Å². The van der Waals surface area contributed by atoms with Crippen molar-refractivity contribution in [2.24, 2.45) is 0 Å². The number of fused-ring (bicyclic) bond motifs is 1. The van der Waals surface area contributed by atoms with Crippen LogP contribution in [0, 0.1) is 10.2 Å². The van der Waals surface area contributed by atoms with Gasteiger partial charge in [-0.15, -0.1) is 0 Å². The highest BCUT2D eigenvalue weighted by Gasteiger charge is 2.30. The van der Waals surface area contributed by atoms with Crippen molar-refractivity contribution < 1.29 is 14.6 Å². The van der Waals surface area contributed by atoms with E-state index >= 15 is 0 Å². The summed E-state index contributed by atoms with van der Waals surface area (Å²) in [7, 11) is 0. The molecule has 7 nitrogen and oxygen atoms in total. The molecule has 0 bridgehead atoms. The molecule has 3 aromatic rings. The van der Waals surface area contributed by atoms with Gasteiger partial charge in [-0.1, -0.05) is 31.5 Å². The molecule has 2 heterocycles. The predicted octanol–water partition coefficient (Wildman–Crippen LogP) is 5.01. The number of carbonyl (C=O) groups excluding carboxylic acids is 1. The van der Waals surface area contributed by atoms with Crippen LogP contribution in [0.5, 0.6) is 11.6 Å². The lowest BCUT2D eigenvalue weighted by molar-refractivity contribution is 0.103. The maximum Gasteiger partial charge on any atom is 0.262 e. The molecule has 162 valence electrons. The number of benzene rings is 2. The molecule has 0 fully saturated rings. The highest BCUT2D eigenvalue weighted by atomic mass is 35.5. The quantitative estimate of drug-likeness (QED) is 0.370. The van der Waals surface area contributed by atoms with Crippen molar-refractivity contribution >= 4 is 41.6 Å². The molecular formula is C23H18ClN3O4S. The summed E-state index contributed by atoms with van der Waals surface area (Å²) in [6.45, 7) is 4.00. The van der Waals surface area contributed by atoms with Crippen molar-refractivity contribution in [1.29, 1.82) is 5.41 Å². The van der Waals surface area contributed by atoms with Crippen LogP contribution in [-0.4, -0.2) is 26.3 Å². The molecule has 1 aliphatic heterocycles. The third kappa shape index (κ3) is 3.79. The van der Waals surface area contributed by atoms with Gasteiger partial charge < -0.3 is 9.84 Å². The first-order chi connectivity index (χ1) is 15.2. The van der Waals surface area contributed by atoms with Crippen LogP contribution < -0.4 is 10.3 Å². The van der Waals surface area contributed by atoms with E-state index in [4.69, 9.17) is 34.0 Å². The monoisotopic (exact) mass is 467 g/mol. The fourth-order valence-corrected chi connectivity index (χ4v) is 3.77. The molecule has 0 unspecified atom stereocenters. The zero-order valence-electron chi connectivity index (χ0n) is 17.1. The normalized spacial score (nSPS) is 14.6. The minimum absolute atomic E-state index is 0.0369. The van der Waals surface area contributed by atoms with Gasteiger partial charge >= 0.3 is 0 Å². The Morgan fingerprint density at radius 3 is 2.53 bits per heavy atom. The number of H-pyrrole nitrogens is 1. The second-order valence-electron chi connectivity index (χ2n) is 7.54. The molecule has 1 aromatic heterocycles. The summed E-state index contributed by atoms with van der Waals surface area (Å²) in [6, 6.07) is 11.7. The fourth-order valence-electron chi connectivity index (χ4n) is 3.36. The first kappa shape index (κ1) is 21.7. The molecule has 1 aliphatic rings. The predicted molar refractivity (Wildman–Crippen MR) is 125 cm³/mol. The second kappa shape index (κ2) is 8.22. The van der Waals surface area contributed by atoms with E-state index in [-0.39, 0.29) is 27.6 Å². The summed E-state index contributed by atoms with van der Waals surface area (Å²) in [6.07, 6.45) is 1.14. The lowest BCUT2D eigenvalue weighted by Crippen LogP contribution is -2.26. The molecule has 3 N–H and O–H groups in total. The van der Waals surface area contributed by atoms with Crippen LogP contribution in [0.4, 0.5) is 0 Å². The van der Waals surface area contributed by atoms with Gasteiger partial charge in [0.25, 0.3) is 5.56 Å². The smallest absolute Gasteiger partial charge is 0.262 e. The van der Waals surface area contributed by atoms with E-state index in [2.05, 4.69) is 4.98 Å². The lowest BCUT2D eigenvalue weighted by atomic mass is 9.93. The van der Waals surface area contributed by atoms with Crippen LogP contribution in [0.25, 0.3) is 11.8 Å². The number of aromatic hydroxyl groups is 1. The number of halogens is 1. The zero-order valence-corrected chi connectivity index (χ0v) is 18.7. The maximum absolute atomic E-state index is 13.2. The van der Waals surface area contributed by atoms with Gasteiger partial charge in [0.1, 0.15) is 11.3 Å². The van der Waals surface area contributed by atoms with Gasteiger partial charge in [0.15, 0.2) is 4.77 Å². The Hall–Kier alpha value is -3.49. The van der Waals surface area contributed by atoms with Crippen LogP contribution >= 0.6 is 23.8 Å². The van der Waals surface area contributed by atoms with Crippen LogP contribution in [-0.2, 0) is 0 Å². The van der Waals surface area contributed by atoms with E-state index in [1.54, 1.807) is 36.4 Å². The van der Waals surface area contributed by atoms with E-state index in [0.717, 1.165) is 11.6 Å². The Morgan fingerprint density at radius 1 is 1.19 bits per heavy atom. The van der Waals surface area contributed by atoms with Gasteiger partial charge in [0.2, 0.25) is 17.6 Å². The first-order valence-corrected chi connectivity index (χ1v) is 10.5. The zero-order chi connectivity index (χ0) is 23.2. The van der Waals surface area contributed by atoms with Crippen molar-refractivity contribution in [3.63, 3.8) is 0 Å². The van der Waals surface area contributed by atoms with E-state index in [1.165, 1.54) is 4.57 Å². The lowest BCUT2D eigenvalue weighted by Gasteiger charge is -2.20. The number of ether oxygens (including phenoxy) is 1. The molecule has 2 aromatic carbocycles. The van der Waals surface area contributed by atoms with Crippen molar-refractivity contribution in [2.45, 2.75) is 19.8 Å². The SMILES string of the molecule is CC(C)c1ccc2c(c1)C(=O)C(=Cc1c(O)n(-c3ccc(Cl)cc3)c(=S)[nH]c1=O)C(=N)O2. The van der Waals surface area contributed by atoms with Crippen molar-refractivity contribution in [2.75, 3.05) is 0 Å². The summed E-state index contributed by atoms with van der Waals surface area (Å²) in [5.74, 6) is -0.906. The highest BCUT2D eigenvalue weighted by Crippen LogP contribution is 2.32. The number of ketones is 1. The van der Waals surface area contributed by atoms with Gasteiger partial charge in [-0.05, 0) is 66.2 Å². The Labute approximate surface area is 193 Å². The average molecular weight is 468 g/mol. The van der Waals surface area contributed by atoms with Crippen LogP contribution in [0.2, 0.25) is 5.02 Å². The topological polar surface area (TPSA) is 108 Å². The second-order valence-corrected chi connectivity index (χ2v) is 8.36. The Kier molecular flexibility index (Phi) is 5.58. The summed E-state index contributed by atoms with van der Waals surface area (Å²) in [4.78, 5) is 28.2. The molecule has 0 saturated heterocycles. The molecular weight excluding hydrogens is 450 g/mol. The van der Waals surface area contributed by atoms with Crippen LogP contribution in [0.1, 0.15) is 41.3 Å². The molecule has 0 atom stereocenters. The maximum atomic E-state index is 13.2. The molecule has 0 amide bonds. The third-order valence-electron chi connectivity index (χ3n) is 5.11. The first-order valence-electron chi connectivity index (χ1n) is 9.68. The van der Waals surface area contributed by atoms with E-state index in [9.17, 15) is 14.7 Å². The highest BCUT2D eigenvalue weighted by molar-refractivity contribution is 7.71. The van der Waals surface area contributed by atoms with E-state index in [0.29, 0.717) is 16.3 Å². The molecule has 32 heavy (non-hydrogen) atoms. The number of nitrogens with zero attached hydrogens (tertiary/aromatic N) is 1. The van der Waals surface area contributed by atoms with Crippen molar-refractivity contribution in [3.8, 4) is 17.3 Å². The Balaban J connectivity index is 1.88. The number of aromatic nitrogens is 2. The summed E-state index contributed by atoms with van der Waals surface area (Å²) >= 11 is 11.1. The minimum Gasteiger partial charge on any atom is -0.494 e. The summed E-state index contributed by atoms with van der Waals surface area (Å²) < 4.78 is 6.71. The van der Waals surface area contributed by atoms with Gasteiger partial charge in [-0.25, -0.2) is 0 Å². The Bertz CT molecular complexity index is 1420. The molecule has 4 rings (SSSR count). The molecule has 0 spiro atoms. The third-order valence-corrected chi connectivity index (χ3v) is 5.65. The average Bonchev–Trinajstić information content (AvgIpc) is 2.74. The molecule has 0 saturated carbocycles. The van der Waals surface area contributed by atoms with Crippen LogP contribution in [0.15, 0.2) is 52.8 Å². The van der Waals surface area contributed by atoms with E-state index < -0.39 is 23.1 Å². The number of nitrogens with one attached hydrogen (secondary N) is 2. The molecule has 9 heteroatoms. The van der Waals surface area contributed by atoms with Crippen LogP contribution in [0.3, 0.4) is 0 Å².